The Hall–Kier alpha value is -3.12. The quantitative estimate of drug-likeness (QED) is 0.523. The maximum atomic E-state index is 12.4. The molecule has 1 aromatic heterocycles. The van der Waals surface area contributed by atoms with Crippen LogP contribution in [0.5, 0.6) is 0 Å². The van der Waals surface area contributed by atoms with Crippen LogP contribution in [0.25, 0.3) is 11.0 Å². The van der Waals surface area contributed by atoms with Gasteiger partial charge in [-0.1, -0.05) is 11.6 Å². The number of aryl methyl sites for hydroxylation is 2. The molecule has 0 saturated carbocycles. The van der Waals surface area contributed by atoms with E-state index >= 15 is 0 Å². The Balaban J connectivity index is 1.47. The van der Waals surface area contributed by atoms with Crippen LogP contribution in [0.15, 0.2) is 40.8 Å². The number of carbonyl (C=O) groups is 3. The first-order chi connectivity index (χ1) is 13.4. The van der Waals surface area contributed by atoms with Crippen LogP contribution in [-0.4, -0.2) is 24.3 Å². The van der Waals surface area contributed by atoms with Gasteiger partial charge in [0.25, 0.3) is 0 Å². The van der Waals surface area contributed by atoms with Crippen molar-refractivity contribution >= 4 is 45.9 Å². The summed E-state index contributed by atoms with van der Waals surface area (Å²) >= 11 is 5.98. The maximum absolute atomic E-state index is 12.4. The number of hydrogen-bond donors (Lipinski definition) is 1. The van der Waals surface area contributed by atoms with Crippen LogP contribution in [0.4, 0.5) is 5.69 Å². The van der Waals surface area contributed by atoms with E-state index in [0.29, 0.717) is 40.3 Å². The van der Waals surface area contributed by atoms with Crippen molar-refractivity contribution in [3.63, 3.8) is 0 Å². The normalized spacial score (nSPS) is 13.1. The lowest BCUT2D eigenvalue weighted by molar-refractivity contribution is -0.116. The fourth-order valence-electron chi connectivity index (χ4n) is 3.22. The summed E-state index contributed by atoms with van der Waals surface area (Å²) in [5.41, 5.74) is 3.16. The number of furan rings is 1. The van der Waals surface area contributed by atoms with E-state index in [2.05, 4.69) is 5.32 Å². The van der Waals surface area contributed by atoms with Crippen LogP contribution < -0.4 is 5.32 Å². The molecule has 6 nitrogen and oxygen atoms in total. The highest BCUT2D eigenvalue weighted by Gasteiger charge is 2.21. The first kappa shape index (κ1) is 18.3. The number of Topliss-reactive ketones (excluding diaryl/α,β-unsaturated/α-hetero) is 1. The van der Waals surface area contributed by atoms with E-state index in [1.54, 1.807) is 43.3 Å². The lowest BCUT2D eigenvalue weighted by atomic mass is 9.99. The molecule has 0 spiro atoms. The van der Waals surface area contributed by atoms with Crippen LogP contribution in [0.2, 0.25) is 5.02 Å². The van der Waals surface area contributed by atoms with Crippen molar-refractivity contribution < 1.29 is 23.5 Å². The number of nitrogens with one attached hydrogen (secondary N) is 1. The molecule has 142 valence electrons. The second-order valence-electron chi connectivity index (χ2n) is 6.62. The lowest BCUT2D eigenvalue weighted by Gasteiger charge is -2.17. The third-order valence-electron chi connectivity index (χ3n) is 4.74. The fourth-order valence-corrected chi connectivity index (χ4v) is 3.40. The minimum Gasteiger partial charge on any atom is -0.451 e. The van der Waals surface area contributed by atoms with Gasteiger partial charge in [0, 0.05) is 33.6 Å². The van der Waals surface area contributed by atoms with Gasteiger partial charge in [-0.05, 0) is 55.3 Å². The first-order valence-electron chi connectivity index (χ1n) is 8.74. The molecule has 0 aliphatic carbocycles. The SMILES string of the molecule is Cc1c(C(=O)OCC(=O)c2ccc3c(c2)CCC(=O)N3)oc2ccc(Cl)cc12. The summed E-state index contributed by atoms with van der Waals surface area (Å²) in [6.45, 7) is 1.33. The van der Waals surface area contributed by atoms with Crippen LogP contribution >= 0.6 is 11.6 Å². The molecule has 28 heavy (non-hydrogen) atoms. The van der Waals surface area contributed by atoms with E-state index in [1.807, 2.05) is 0 Å². The fraction of sp³-hybridized carbons (Fsp3) is 0.190. The van der Waals surface area contributed by atoms with Crippen LogP contribution in [-0.2, 0) is 16.0 Å². The summed E-state index contributed by atoms with van der Waals surface area (Å²) in [7, 11) is 0. The highest BCUT2D eigenvalue weighted by atomic mass is 35.5. The van der Waals surface area contributed by atoms with Gasteiger partial charge in [-0.15, -0.1) is 0 Å². The second-order valence-corrected chi connectivity index (χ2v) is 7.05. The smallest absolute Gasteiger partial charge is 0.375 e. The topological polar surface area (TPSA) is 85.6 Å². The lowest BCUT2D eigenvalue weighted by Crippen LogP contribution is -2.20. The van der Waals surface area contributed by atoms with Crippen molar-refractivity contribution in [2.75, 3.05) is 11.9 Å². The van der Waals surface area contributed by atoms with Gasteiger partial charge in [-0.2, -0.15) is 0 Å². The molecule has 2 heterocycles. The van der Waals surface area contributed by atoms with Crippen molar-refractivity contribution in [3.8, 4) is 0 Å². The van der Waals surface area contributed by atoms with Crippen LogP contribution in [0, 0.1) is 6.92 Å². The number of esters is 1. The van der Waals surface area contributed by atoms with Gasteiger partial charge in [0.1, 0.15) is 5.58 Å². The number of benzene rings is 2. The van der Waals surface area contributed by atoms with E-state index in [4.69, 9.17) is 20.8 Å². The molecule has 0 fully saturated rings. The highest BCUT2D eigenvalue weighted by molar-refractivity contribution is 6.31. The Morgan fingerprint density at radius 1 is 1.18 bits per heavy atom. The Morgan fingerprint density at radius 3 is 2.82 bits per heavy atom. The number of fused-ring (bicyclic) bond motifs is 2. The van der Waals surface area contributed by atoms with Gasteiger partial charge < -0.3 is 14.5 Å². The van der Waals surface area contributed by atoms with Crippen LogP contribution in [0.1, 0.15) is 38.5 Å². The van der Waals surface area contributed by atoms with Crippen molar-refractivity contribution in [2.45, 2.75) is 19.8 Å². The zero-order chi connectivity index (χ0) is 19.8. The van der Waals surface area contributed by atoms with Gasteiger partial charge in [0.2, 0.25) is 11.7 Å². The second kappa shape index (κ2) is 7.13. The molecule has 1 aliphatic heterocycles. The van der Waals surface area contributed by atoms with Gasteiger partial charge in [-0.25, -0.2) is 4.79 Å². The molecule has 4 rings (SSSR count). The van der Waals surface area contributed by atoms with Gasteiger partial charge >= 0.3 is 5.97 Å². The zero-order valence-corrected chi connectivity index (χ0v) is 15.8. The summed E-state index contributed by atoms with van der Waals surface area (Å²) in [5, 5.41) is 4.02. The largest absolute Gasteiger partial charge is 0.451 e. The van der Waals surface area contributed by atoms with E-state index in [9.17, 15) is 14.4 Å². The Morgan fingerprint density at radius 2 is 2.00 bits per heavy atom. The molecule has 7 heteroatoms. The highest BCUT2D eigenvalue weighted by Crippen LogP contribution is 2.28. The number of anilines is 1. The number of ether oxygens (including phenoxy) is 1. The molecule has 0 atom stereocenters. The minimum atomic E-state index is -0.705. The molecule has 1 amide bonds. The molecule has 0 saturated heterocycles. The van der Waals surface area contributed by atoms with Crippen molar-refractivity contribution in [1.82, 2.24) is 0 Å². The molecule has 1 N–H and O–H groups in total. The predicted molar refractivity (Wildman–Crippen MR) is 104 cm³/mol. The number of hydrogen-bond acceptors (Lipinski definition) is 5. The van der Waals surface area contributed by atoms with Gasteiger partial charge in [0.15, 0.2) is 12.4 Å². The van der Waals surface area contributed by atoms with E-state index in [1.165, 1.54) is 0 Å². The van der Waals surface area contributed by atoms with E-state index < -0.39 is 12.6 Å². The monoisotopic (exact) mass is 397 g/mol. The molecule has 0 unspecified atom stereocenters. The summed E-state index contributed by atoms with van der Waals surface area (Å²) in [6.07, 6.45) is 0.956. The molecule has 1 aliphatic rings. The number of rotatable bonds is 4. The van der Waals surface area contributed by atoms with Crippen molar-refractivity contribution in [3.05, 3.63) is 63.9 Å². The predicted octanol–water partition coefficient (Wildman–Crippen LogP) is 4.32. The average molecular weight is 398 g/mol. The molecule has 2 aromatic carbocycles. The van der Waals surface area contributed by atoms with Gasteiger partial charge in [-0.3, -0.25) is 9.59 Å². The Bertz CT molecular complexity index is 1130. The number of amides is 1. The number of ketones is 1. The zero-order valence-electron chi connectivity index (χ0n) is 15.0. The Kier molecular flexibility index (Phi) is 4.65. The first-order valence-corrected chi connectivity index (χ1v) is 9.12. The van der Waals surface area contributed by atoms with E-state index in [0.717, 1.165) is 10.9 Å². The third-order valence-corrected chi connectivity index (χ3v) is 4.98. The van der Waals surface area contributed by atoms with Crippen LogP contribution in [0.3, 0.4) is 0 Å². The standard InChI is InChI=1S/C21H16ClNO5/c1-11-15-9-14(22)4-6-18(15)28-20(11)21(26)27-10-17(24)13-2-5-16-12(8-13)3-7-19(25)23-16/h2,4-6,8-9H,3,7,10H2,1H3,(H,23,25). The van der Waals surface area contributed by atoms with Crippen molar-refractivity contribution in [2.24, 2.45) is 0 Å². The molecular weight excluding hydrogens is 382 g/mol. The molecule has 0 bridgehead atoms. The van der Waals surface area contributed by atoms with Gasteiger partial charge in [0.05, 0.1) is 0 Å². The number of halogens is 1. The maximum Gasteiger partial charge on any atom is 0.375 e. The molecule has 0 radical (unpaired) electrons. The van der Waals surface area contributed by atoms with E-state index in [-0.39, 0.29) is 17.5 Å². The minimum absolute atomic E-state index is 0.0389. The summed E-state index contributed by atoms with van der Waals surface area (Å²) in [6, 6.07) is 10.1. The average Bonchev–Trinajstić information content (AvgIpc) is 3.01. The number of carbonyl (C=O) groups excluding carboxylic acids is 3. The molecular formula is C21H16ClNO5. The Labute approximate surface area is 165 Å². The van der Waals surface area contributed by atoms with Crippen molar-refractivity contribution in [1.29, 1.82) is 0 Å². The summed E-state index contributed by atoms with van der Waals surface area (Å²) in [4.78, 5) is 36.2. The molecule has 3 aromatic rings. The third kappa shape index (κ3) is 3.39. The summed E-state index contributed by atoms with van der Waals surface area (Å²) in [5.74, 6) is -1.02. The summed E-state index contributed by atoms with van der Waals surface area (Å²) < 4.78 is 10.7.